The first kappa shape index (κ1) is 14.9. The molecule has 1 atom stereocenters. The quantitative estimate of drug-likeness (QED) is 0.902. The summed E-state index contributed by atoms with van der Waals surface area (Å²) in [5.41, 5.74) is 8.04. The van der Waals surface area contributed by atoms with Crippen LogP contribution in [0.2, 0.25) is 0 Å². The van der Waals surface area contributed by atoms with E-state index in [1.54, 1.807) is 7.11 Å². The van der Waals surface area contributed by atoms with Gasteiger partial charge in [-0.3, -0.25) is 0 Å². The fraction of sp³-hybridized carbons (Fsp3) is 0.250. The van der Waals surface area contributed by atoms with Crippen LogP contribution in [0.4, 0.5) is 0 Å². The van der Waals surface area contributed by atoms with Crippen LogP contribution in [0.15, 0.2) is 46.9 Å². The average Bonchev–Trinajstić information content (AvgIpc) is 2.47. The van der Waals surface area contributed by atoms with E-state index in [2.05, 4.69) is 15.9 Å². The predicted molar refractivity (Wildman–Crippen MR) is 84.3 cm³/mol. The van der Waals surface area contributed by atoms with E-state index in [0.717, 1.165) is 21.5 Å². The molecule has 0 saturated carbocycles. The van der Waals surface area contributed by atoms with E-state index < -0.39 is 0 Å². The first-order chi connectivity index (χ1) is 9.63. The second-order valence-corrected chi connectivity index (χ2v) is 5.40. The van der Waals surface area contributed by atoms with Crippen LogP contribution in [0.5, 0.6) is 11.5 Å². The smallest absolute Gasteiger partial charge is 0.136 e. The maximum absolute atomic E-state index is 6.00. The summed E-state index contributed by atoms with van der Waals surface area (Å²) in [4.78, 5) is 0. The molecule has 2 aromatic carbocycles. The van der Waals surface area contributed by atoms with E-state index in [1.165, 1.54) is 5.56 Å². The molecule has 0 aliphatic carbocycles. The van der Waals surface area contributed by atoms with E-state index in [9.17, 15) is 0 Å². The molecule has 106 valence electrons. The van der Waals surface area contributed by atoms with Gasteiger partial charge in [-0.05, 0) is 58.2 Å². The van der Waals surface area contributed by atoms with Gasteiger partial charge >= 0.3 is 0 Å². The van der Waals surface area contributed by atoms with Crippen molar-refractivity contribution in [3.8, 4) is 11.5 Å². The van der Waals surface area contributed by atoms with Crippen molar-refractivity contribution < 1.29 is 9.47 Å². The number of benzene rings is 2. The zero-order valence-electron chi connectivity index (χ0n) is 11.6. The van der Waals surface area contributed by atoms with Crippen molar-refractivity contribution in [2.24, 2.45) is 5.73 Å². The van der Waals surface area contributed by atoms with Crippen LogP contribution < -0.4 is 15.2 Å². The number of hydrogen-bond donors (Lipinski definition) is 1. The highest BCUT2D eigenvalue weighted by atomic mass is 79.9. The van der Waals surface area contributed by atoms with Gasteiger partial charge in [-0.15, -0.1) is 0 Å². The summed E-state index contributed by atoms with van der Waals surface area (Å²) < 4.78 is 12.1. The van der Waals surface area contributed by atoms with Crippen LogP contribution in [0, 0.1) is 6.92 Å². The van der Waals surface area contributed by atoms with Gasteiger partial charge in [-0.2, -0.15) is 0 Å². The molecule has 0 saturated heterocycles. The average molecular weight is 336 g/mol. The van der Waals surface area contributed by atoms with Gasteiger partial charge in [-0.25, -0.2) is 0 Å². The molecule has 0 bridgehead atoms. The van der Waals surface area contributed by atoms with E-state index in [-0.39, 0.29) is 6.10 Å². The number of methoxy groups -OCH3 is 1. The Morgan fingerprint density at radius 3 is 2.40 bits per heavy atom. The van der Waals surface area contributed by atoms with E-state index >= 15 is 0 Å². The van der Waals surface area contributed by atoms with Crippen LogP contribution in [0.25, 0.3) is 0 Å². The summed E-state index contributed by atoms with van der Waals surface area (Å²) in [6, 6.07) is 13.7. The molecule has 2 rings (SSSR count). The molecule has 2 N–H and O–H groups in total. The summed E-state index contributed by atoms with van der Waals surface area (Å²) >= 11 is 3.51. The van der Waals surface area contributed by atoms with Crippen molar-refractivity contribution in [1.29, 1.82) is 0 Å². The zero-order chi connectivity index (χ0) is 14.5. The summed E-state index contributed by atoms with van der Waals surface area (Å²) in [5, 5.41) is 0. The second kappa shape index (κ2) is 6.77. The Balaban J connectivity index is 2.19. The molecule has 0 spiro atoms. The lowest BCUT2D eigenvalue weighted by molar-refractivity contribution is 0.212. The lowest BCUT2D eigenvalue weighted by Crippen LogP contribution is -2.18. The molecule has 1 unspecified atom stereocenters. The Hall–Kier alpha value is -1.52. The summed E-state index contributed by atoms with van der Waals surface area (Å²) in [6.07, 6.45) is -0.181. The Bertz CT molecular complexity index is 569. The first-order valence-corrected chi connectivity index (χ1v) is 7.20. The molecule has 0 aromatic heterocycles. The van der Waals surface area contributed by atoms with Crippen LogP contribution >= 0.6 is 15.9 Å². The highest BCUT2D eigenvalue weighted by molar-refractivity contribution is 9.10. The summed E-state index contributed by atoms with van der Waals surface area (Å²) in [5.74, 6) is 1.61. The van der Waals surface area contributed by atoms with Gasteiger partial charge < -0.3 is 15.2 Å². The van der Waals surface area contributed by atoms with Gasteiger partial charge in [-0.1, -0.05) is 18.2 Å². The van der Waals surface area contributed by atoms with Gasteiger partial charge in [0.15, 0.2) is 0 Å². The molecule has 0 aliphatic rings. The molecule has 0 radical (unpaired) electrons. The third kappa shape index (κ3) is 3.52. The largest absolute Gasteiger partial charge is 0.497 e. The molecule has 3 nitrogen and oxygen atoms in total. The topological polar surface area (TPSA) is 44.5 Å². The van der Waals surface area contributed by atoms with Gasteiger partial charge in [0.05, 0.1) is 11.6 Å². The normalized spacial score (nSPS) is 12.0. The molecule has 0 amide bonds. The lowest BCUT2D eigenvalue weighted by Gasteiger charge is -2.19. The van der Waals surface area contributed by atoms with Gasteiger partial charge in [0, 0.05) is 6.54 Å². The molecular weight excluding hydrogens is 318 g/mol. The van der Waals surface area contributed by atoms with Crippen molar-refractivity contribution in [2.75, 3.05) is 13.7 Å². The lowest BCUT2D eigenvalue weighted by atomic mass is 10.1. The molecule has 0 fully saturated rings. The maximum Gasteiger partial charge on any atom is 0.136 e. The van der Waals surface area contributed by atoms with Crippen LogP contribution in [-0.2, 0) is 0 Å². The number of nitrogens with two attached hydrogens (primary N) is 1. The van der Waals surface area contributed by atoms with Gasteiger partial charge in [0.25, 0.3) is 0 Å². The van der Waals surface area contributed by atoms with Gasteiger partial charge in [0.2, 0.25) is 0 Å². The maximum atomic E-state index is 6.00. The Morgan fingerprint density at radius 2 is 1.85 bits per heavy atom. The fourth-order valence-electron chi connectivity index (χ4n) is 1.93. The molecule has 0 aliphatic heterocycles. The Morgan fingerprint density at radius 1 is 1.15 bits per heavy atom. The van der Waals surface area contributed by atoms with Crippen LogP contribution in [0.3, 0.4) is 0 Å². The van der Waals surface area contributed by atoms with Crippen molar-refractivity contribution in [2.45, 2.75) is 13.0 Å². The molecule has 20 heavy (non-hydrogen) atoms. The third-order valence-corrected chi connectivity index (χ3v) is 3.68. The fourth-order valence-corrected chi connectivity index (χ4v) is 2.51. The molecule has 0 heterocycles. The first-order valence-electron chi connectivity index (χ1n) is 6.41. The number of aryl methyl sites for hydroxylation is 1. The van der Waals surface area contributed by atoms with Crippen molar-refractivity contribution in [1.82, 2.24) is 0 Å². The Labute approximate surface area is 127 Å². The zero-order valence-corrected chi connectivity index (χ0v) is 13.2. The highest BCUT2D eigenvalue weighted by Crippen LogP contribution is 2.30. The third-order valence-electron chi connectivity index (χ3n) is 3.06. The molecular formula is C16H18BrNO2. The Kier molecular flexibility index (Phi) is 5.04. The minimum absolute atomic E-state index is 0.181. The summed E-state index contributed by atoms with van der Waals surface area (Å²) in [7, 11) is 1.65. The van der Waals surface area contributed by atoms with Crippen molar-refractivity contribution in [3.05, 3.63) is 58.1 Å². The number of hydrogen-bond acceptors (Lipinski definition) is 3. The van der Waals surface area contributed by atoms with Gasteiger partial charge in [0.1, 0.15) is 17.6 Å². The molecule has 4 heteroatoms. The summed E-state index contributed by atoms with van der Waals surface area (Å²) in [6.45, 7) is 2.45. The predicted octanol–water partition coefficient (Wildman–Crippen LogP) is 3.84. The molecule has 2 aromatic rings. The SMILES string of the molecule is COc1ccc(C(CN)Oc2ccc(C)cc2Br)cc1. The number of halogens is 1. The monoisotopic (exact) mass is 335 g/mol. The van der Waals surface area contributed by atoms with Crippen LogP contribution in [0.1, 0.15) is 17.2 Å². The van der Waals surface area contributed by atoms with Crippen LogP contribution in [-0.4, -0.2) is 13.7 Å². The highest BCUT2D eigenvalue weighted by Gasteiger charge is 2.13. The van der Waals surface area contributed by atoms with E-state index in [1.807, 2.05) is 49.4 Å². The second-order valence-electron chi connectivity index (χ2n) is 4.55. The van der Waals surface area contributed by atoms with E-state index in [0.29, 0.717) is 6.54 Å². The minimum atomic E-state index is -0.181. The standard InChI is InChI=1S/C16H18BrNO2/c1-11-3-8-15(14(17)9-11)20-16(10-18)12-4-6-13(19-2)7-5-12/h3-9,16H,10,18H2,1-2H3. The minimum Gasteiger partial charge on any atom is -0.497 e. The van der Waals surface area contributed by atoms with Crippen molar-refractivity contribution in [3.63, 3.8) is 0 Å². The van der Waals surface area contributed by atoms with E-state index in [4.69, 9.17) is 15.2 Å². The number of ether oxygens (including phenoxy) is 2. The van der Waals surface area contributed by atoms with Crippen molar-refractivity contribution >= 4 is 15.9 Å². The number of rotatable bonds is 5.